The van der Waals surface area contributed by atoms with E-state index < -0.39 is 0 Å². The van der Waals surface area contributed by atoms with E-state index in [1.165, 1.54) is 32.1 Å². The molecule has 5 nitrogen and oxygen atoms in total. The van der Waals surface area contributed by atoms with E-state index in [0.717, 1.165) is 48.0 Å². The number of piperidine rings is 1. The molecule has 0 atom stereocenters. The van der Waals surface area contributed by atoms with E-state index in [1.54, 1.807) is 0 Å². The Bertz CT molecular complexity index is 938. The largest absolute Gasteiger partial charge is 0.451 e. The predicted molar refractivity (Wildman–Crippen MR) is 136 cm³/mol. The minimum atomic E-state index is -0.116. The predicted octanol–water partition coefficient (Wildman–Crippen LogP) is 6.16. The summed E-state index contributed by atoms with van der Waals surface area (Å²) in [6.07, 6.45) is 9.90. The van der Waals surface area contributed by atoms with Crippen LogP contribution in [0.4, 0.5) is 0 Å². The molecular formula is C27H38N2O3S. The highest BCUT2D eigenvalue weighted by Gasteiger charge is 2.29. The van der Waals surface area contributed by atoms with Gasteiger partial charge in [-0.1, -0.05) is 51.3 Å². The number of benzene rings is 1. The first-order chi connectivity index (χ1) is 16.1. The summed E-state index contributed by atoms with van der Waals surface area (Å²) in [7, 11) is 0. The summed E-state index contributed by atoms with van der Waals surface area (Å²) < 4.78 is 6.07. The lowest BCUT2D eigenvalue weighted by molar-refractivity contribution is -0.136. The van der Waals surface area contributed by atoms with E-state index in [0.29, 0.717) is 24.1 Å². The fourth-order valence-electron chi connectivity index (χ4n) is 5.25. The van der Waals surface area contributed by atoms with E-state index >= 15 is 0 Å². The van der Waals surface area contributed by atoms with E-state index in [1.807, 2.05) is 34.9 Å². The van der Waals surface area contributed by atoms with Crippen molar-refractivity contribution in [2.24, 2.45) is 5.92 Å². The molecule has 6 heteroatoms. The second kappa shape index (κ2) is 11.5. The average molecular weight is 471 g/mol. The van der Waals surface area contributed by atoms with Crippen LogP contribution >= 0.6 is 11.8 Å². The molecule has 2 aromatic rings. The normalized spacial score (nSPS) is 18.2. The number of thioether (sulfide) groups is 1. The van der Waals surface area contributed by atoms with Gasteiger partial charge in [-0.15, -0.1) is 0 Å². The van der Waals surface area contributed by atoms with Gasteiger partial charge in [0.1, 0.15) is 5.58 Å². The molecule has 180 valence electrons. The number of nitrogens with zero attached hydrogens (tertiary/aromatic N) is 1. The number of fused-ring (bicyclic) bond motifs is 1. The molecule has 1 saturated heterocycles. The average Bonchev–Trinajstić information content (AvgIpc) is 3.23. The molecule has 0 bridgehead atoms. The molecule has 1 aliphatic carbocycles. The summed E-state index contributed by atoms with van der Waals surface area (Å²) in [5.74, 6) is 1.55. The van der Waals surface area contributed by atoms with Crippen molar-refractivity contribution in [1.29, 1.82) is 0 Å². The quantitative estimate of drug-likeness (QED) is 0.502. The maximum Gasteiger partial charge on any atom is 0.287 e. The van der Waals surface area contributed by atoms with Gasteiger partial charge in [0.05, 0.1) is 0 Å². The molecule has 1 aromatic heterocycles. The third-order valence-corrected chi connectivity index (χ3v) is 8.79. The van der Waals surface area contributed by atoms with Crippen LogP contribution in [0.15, 0.2) is 28.7 Å². The molecule has 1 aliphatic heterocycles. The van der Waals surface area contributed by atoms with Crippen molar-refractivity contribution in [1.82, 2.24) is 10.2 Å². The van der Waals surface area contributed by atoms with Gasteiger partial charge in [0, 0.05) is 47.0 Å². The van der Waals surface area contributed by atoms with Gasteiger partial charge >= 0.3 is 0 Å². The first-order valence-electron chi connectivity index (χ1n) is 12.8. The second-order valence-corrected chi connectivity index (χ2v) is 10.9. The number of hydrogen-bond acceptors (Lipinski definition) is 4. The van der Waals surface area contributed by atoms with Crippen LogP contribution in [0.1, 0.15) is 87.8 Å². The van der Waals surface area contributed by atoms with Gasteiger partial charge in [0.2, 0.25) is 5.91 Å². The Kier molecular flexibility index (Phi) is 8.39. The van der Waals surface area contributed by atoms with Gasteiger partial charge < -0.3 is 14.6 Å². The molecular weight excluding hydrogens is 432 g/mol. The number of likely N-dealkylation sites (tertiary alicyclic amines) is 1. The van der Waals surface area contributed by atoms with Crippen molar-refractivity contribution >= 4 is 34.5 Å². The van der Waals surface area contributed by atoms with E-state index in [9.17, 15) is 9.59 Å². The van der Waals surface area contributed by atoms with Gasteiger partial charge in [-0.3, -0.25) is 9.59 Å². The van der Waals surface area contributed by atoms with Crippen LogP contribution in [0.3, 0.4) is 0 Å². The Morgan fingerprint density at radius 2 is 1.76 bits per heavy atom. The summed E-state index contributed by atoms with van der Waals surface area (Å²) in [5.41, 5.74) is 1.81. The van der Waals surface area contributed by atoms with Crippen LogP contribution < -0.4 is 5.32 Å². The van der Waals surface area contributed by atoms with Crippen molar-refractivity contribution in [3.8, 4) is 0 Å². The number of furan rings is 1. The molecule has 1 saturated carbocycles. The Morgan fingerprint density at radius 1 is 1.06 bits per heavy atom. The molecule has 1 N–H and O–H groups in total. The van der Waals surface area contributed by atoms with Crippen molar-refractivity contribution in [2.45, 2.75) is 88.7 Å². The Morgan fingerprint density at radius 3 is 2.45 bits per heavy atom. The van der Waals surface area contributed by atoms with Gasteiger partial charge in [0.15, 0.2) is 5.76 Å². The smallest absolute Gasteiger partial charge is 0.287 e. The molecule has 33 heavy (non-hydrogen) atoms. The van der Waals surface area contributed by atoms with Gasteiger partial charge in [-0.05, 0) is 44.6 Å². The second-order valence-electron chi connectivity index (χ2n) is 9.56. The van der Waals surface area contributed by atoms with Crippen LogP contribution in [-0.2, 0) is 10.5 Å². The Hall–Kier alpha value is -1.95. The van der Waals surface area contributed by atoms with E-state index in [-0.39, 0.29) is 23.8 Å². The zero-order chi connectivity index (χ0) is 23.2. The Balaban J connectivity index is 1.40. The van der Waals surface area contributed by atoms with Crippen molar-refractivity contribution in [2.75, 3.05) is 13.1 Å². The lowest BCUT2D eigenvalue weighted by Crippen LogP contribution is -2.48. The molecule has 1 aromatic carbocycles. The number of para-hydroxylation sites is 1. The maximum absolute atomic E-state index is 13.3. The molecule has 2 fully saturated rings. The van der Waals surface area contributed by atoms with Crippen LogP contribution in [0.5, 0.6) is 0 Å². The lowest BCUT2D eigenvalue weighted by atomic mass is 9.98. The lowest BCUT2D eigenvalue weighted by Gasteiger charge is -2.34. The Labute approximate surface area is 202 Å². The molecule has 4 rings (SSSR count). The monoisotopic (exact) mass is 470 g/mol. The molecule has 2 amide bonds. The zero-order valence-corrected chi connectivity index (χ0v) is 20.9. The molecule has 0 radical (unpaired) electrons. The van der Waals surface area contributed by atoms with Crippen molar-refractivity contribution in [3.63, 3.8) is 0 Å². The highest BCUT2D eigenvalue weighted by atomic mass is 32.2. The summed E-state index contributed by atoms with van der Waals surface area (Å²) >= 11 is 1.97. The first-order valence-corrected chi connectivity index (χ1v) is 13.9. The molecule has 2 heterocycles. The van der Waals surface area contributed by atoms with Crippen molar-refractivity contribution < 1.29 is 14.0 Å². The minimum Gasteiger partial charge on any atom is -0.451 e. The topological polar surface area (TPSA) is 62.6 Å². The van der Waals surface area contributed by atoms with Gasteiger partial charge in [-0.2, -0.15) is 11.8 Å². The SMILES string of the molecule is CCC(CC)C(=O)N1CCC(NC(=O)c2oc3ccccc3c2CSC2CCCCC2)CC1. The third kappa shape index (κ3) is 5.76. The summed E-state index contributed by atoms with van der Waals surface area (Å²) in [4.78, 5) is 27.9. The van der Waals surface area contributed by atoms with Crippen LogP contribution in [0.2, 0.25) is 0 Å². The fraction of sp³-hybridized carbons (Fsp3) is 0.630. The zero-order valence-electron chi connectivity index (χ0n) is 20.1. The summed E-state index contributed by atoms with van der Waals surface area (Å²) in [6, 6.07) is 8.06. The van der Waals surface area contributed by atoms with Gasteiger partial charge in [0.25, 0.3) is 5.91 Å². The van der Waals surface area contributed by atoms with Crippen LogP contribution in [-0.4, -0.2) is 41.1 Å². The van der Waals surface area contributed by atoms with E-state index in [4.69, 9.17) is 4.42 Å². The highest BCUT2D eigenvalue weighted by Crippen LogP contribution is 2.35. The molecule has 0 spiro atoms. The minimum absolute atomic E-state index is 0.0790. The number of carbonyl (C=O) groups is 2. The number of nitrogens with one attached hydrogen (secondary N) is 1. The third-order valence-electron chi connectivity index (χ3n) is 7.40. The van der Waals surface area contributed by atoms with Crippen molar-refractivity contribution in [3.05, 3.63) is 35.6 Å². The first kappa shape index (κ1) is 24.2. The number of carbonyl (C=O) groups excluding carboxylic acids is 2. The summed E-state index contributed by atoms with van der Waals surface area (Å²) in [5, 5.41) is 4.94. The molecule has 0 unspecified atom stereocenters. The van der Waals surface area contributed by atoms with Crippen LogP contribution in [0, 0.1) is 5.92 Å². The molecule has 2 aliphatic rings. The number of amides is 2. The maximum atomic E-state index is 13.3. The van der Waals surface area contributed by atoms with E-state index in [2.05, 4.69) is 25.2 Å². The van der Waals surface area contributed by atoms with Crippen LogP contribution in [0.25, 0.3) is 11.0 Å². The number of rotatable bonds is 8. The standard InChI is InChI=1S/C27H38N2O3S/c1-3-19(4-2)27(31)29-16-14-20(15-17-29)28-26(30)25-23(18-33-21-10-6-5-7-11-21)22-12-8-9-13-24(22)32-25/h8-9,12-13,19-21H,3-7,10-11,14-18H2,1-2H3,(H,28,30). The number of hydrogen-bond donors (Lipinski definition) is 1. The highest BCUT2D eigenvalue weighted by molar-refractivity contribution is 7.99. The summed E-state index contributed by atoms with van der Waals surface area (Å²) in [6.45, 7) is 5.59. The van der Waals surface area contributed by atoms with Gasteiger partial charge in [-0.25, -0.2) is 0 Å². The fourth-order valence-corrected chi connectivity index (χ4v) is 6.61.